The van der Waals surface area contributed by atoms with Gasteiger partial charge in [-0.1, -0.05) is 20.3 Å². The Kier molecular flexibility index (Phi) is 5.40. The van der Waals surface area contributed by atoms with Gasteiger partial charge in [-0.2, -0.15) is 0 Å². The zero-order valence-electron chi connectivity index (χ0n) is 11.1. The minimum atomic E-state index is -0.674. The van der Waals surface area contributed by atoms with Crippen molar-refractivity contribution in [2.45, 2.75) is 32.7 Å². The van der Waals surface area contributed by atoms with Crippen molar-refractivity contribution in [1.29, 1.82) is 0 Å². The predicted octanol–water partition coefficient (Wildman–Crippen LogP) is -0.0898. The highest BCUT2D eigenvalue weighted by Gasteiger charge is 2.33. The Morgan fingerprint density at radius 2 is 2.22 bits per heavy atom. The number of hydrogen-bond donors (Lipinski definition) is 3. The van der Waals surface area contributed by atoms with Crippen LogP contribution in [-0.2, 0) is 4.79 Å². The summed E-state index contributed by atoms with van der Waals surface area (Å²) in [6, 6.07) is -1.24. The molecule has 0 aliphatic carbocycles. The van der Waals surface area contributed by atoms with E-state index in [0.717, 1.165) is 12.8 Å². The Hall–Kier alpha value is -1.30. The molecule has 1 aliphatic heterocycles. The summed E-state index contributed by atoms with van der Waals surface area (Å²) >= 11 is 0. The van der Waals surface area contributed by atoms with Gasteiger partial charge in [0.15, 0.2) is 0 Å². The lowest BCUT2D eigenvalue weighted by Gasteiger charge is -2.27. The molecule has 3 atom stereocenters. The Morgan fingerprint density at radius 1 is 1.56 bits per heavy atom. The van der Waals surface area contributed by atoms with E-state index < -0.39 is 12.1 Å². The Balaban J connectivity index is 2.67. The maximum atomic E-state index is 12.3. The molecular formula is C12H23N3O3. The first kappa shape index (κ1) is 14.8. The summed E-state index contributed by atoms with van der Waals surface area (Å²) in [6.07, 6.45) is 1.60. The van der Waals surface area contributed by atoms with Crippen molar-refractivity contribution in [2.24, 2.45) is 17.6 Å². The van der Waals surface area contributed by atoms with E-state index in [0.29, 0.717) is 13.1 Å². The van der Waals surface area contributed by atoms with E-state index in [-0.39, 0.29) is 24.3 Å². The number of amides is 3. The van der Waals surface area contributed by atoms with Crippen LogP contribution in [0, 0.1) is 11.8 Å². The topological polar surface area (TPSA) is 95.7 Å². The molecule has 0 radical (unpaired) electrons. The summed E-state index contributed by atoms with van der Waals surface area (Å²) in [5.41, 5.74) is 5.12. The van der Waals surface area contributed by atoms with Crippen molar-refractivity contribution in [3.8, 4) is 0 Å². The Morgan fingerprint density at radius 3 is 2.67 bits per heavy atom. The number of carbonyl (C=O) groups is 2. The van der Waals surface area contributed by atoms with Crippen LogP contribution in [0.15, 0.2) is 0 Å². The van der Waals surface area contributed by atoms with E-state index in [9.17, 15) is 9.59 Å². The molecule has 104 valence electrons. The van der Waals surface area contributed by atoms with E-state index in [4.69, 9.17) is 10.8 Å². The maximum absolute atomic E-state index is 12.3. The lowest BCUT2D eigenvalue weighted by atomic mass is 9.98. The number of nitrogens with two attached hydrogens (primary N) is 1. The normalized spacial score (nSPS) is 22.6. The lowest BCUT2D eigenvalue weighted by Crippen LogP contribution is -2.52. The van der Waals surface area contributed by atoms with Gasteiger partial charge >= 0.3 is 6.03 Å². The number of urea groups is 1. The minimum Gasteiger partial charge on any atom is -0.396 e. The summed E-state index contributed by atoms with van der Waals surface area (Å²) in [5, 5.41) is 11.6. The van der Waals surface area contributed by atoms with Gasteiger partial charge in [-0.3, -0.25) is 4.79 Å². The number of likely N-dealkylation sites (tertiary alicyclic amines) is 1. The van der Waals surface area contributed by atoms with Gasteiger partial charge < -0.3 is 21.1 Å². The van der Waals surface area contributed by atoms with Crippen LogP contribution in [0.2, 0.25) is 0 Å². The van der Waals surface area contributed by atoms with Crippen LogP contribution in [0.4, 0.5) is 4.79 Å². The SMILES string of the molecule is CCC(C)C(NC(N)=O)C(=O)N1CCC(CO)C1. The van der Waals surface area contributed by atoms with Gasteiger partial charge in [0, 0.05) is 25.6 Å². The van der Waals surface area contributed by atoms with Crippen molar-refractivity contribution >= 4 is 11.9 Å². The summed E-state index contributed by atoms with van der Waals surface area (Å²) in [4.78, 5) is 25.0. The van der Waals surface area contributed by atoms with Gasteiger partial charge in [-0.05, 0) is 12.3 Å². The summed E-state index contributed by atoms with van der Waals surface area (Å²) in [6.45, 7) is 5.17. The summed E-state index contributed by atoms with van der Waals surface area (Å²) in [5.74, 6) is 0.0948. The van der Waals surface area contributed by atoms with E-state index in [2.05, 4.69) is 5.32 Å². The molecule has 1 rings (SSSR count). The van der Waals surface area contributed by atoms with Crippen LogP contribution in [0.3, 0.4) is 0 Å². The number of nitrogens with zero attached hydrogens (tertiary/aromatic N) is 1. The van der Waals surface area contributed by atoms with E-state index in [1.165, 1.54) is 0 Å². The molecule has 0 spiro atoms. The van der Waals surface area contributed by atoms with E-state index >= 15 is 0 Å². The zero-order valence-corrected chi connectivity index (χ0v) is 11.1. The summed E-state index contributed by atoms with van der Waals surface area (Å²) in [7, 11) is 0. The Bertz CT molecular complexity index is 309. The first-order valence-corrected chi connectivity index (χ1v) is 6.45. The average molecular weight is 257 g/mol. The minimum absolute atomic E-state index is 0.0400. The first-order valence-electron chi connectivity index (χ1n) is 6.45. The largest absolute Gasteiger partial charge is 0.396 e. The third-order valence-electron chi connectivity index (χ3n) is 3.63. The fourth-order valence-electron chi connectivity index (χ4n) is 2.21. The molecule has 1 fully saturated rings. The number of primary amides is 1. The molecular weight excluding hydrogens is 234 g/mol. The van der Waals surface area contributed by atoms with Gasteiger partial charge in [0.1, 0.15) is 6.04 Å². The Labute approximate surface area is 108 Å². The van der Waals surface area contributed by atoms with Crippen LogP contribution in [0.5, 0.6) is 0 Å². The van der Waals surface area contributed by atoms with Gasteiger partial charge in [-0.15, -0.1) is 0 Å². The number of aliphatic hydroxyl groups excluding tert-OH is 1. The van der Waals surface area contributed by atoms with Gasteiger partial charge in [0.25, 0.3) is 0 Å². The molecule has 1 heterocycles. The molecule has 1 aliphatic rings. The van der Waals surface area contributed by atoms with E-state index in [1.807, 2.05) is 13.8 Å². The number of carbonyl (C=O) groups excluding carboxylic acids is 2. The maximum Gasteiger partial charge on any atom is 0.312 e. The number of hydrogen-bond acceptors (Lipinski definition) is 3. The van der Waals surface area contributed by atoms with Crippen molar-refractivity contribution < 1.29 is 14.7 Å². The van der Waals surface area contributed by atoms with E-state index in [1.54, 1.807) is 4.90 Å². The number of nitrogens with one attached hydrogen (secondary N) is 1. The highest BCUT2D eigenvalue weighted by Crippen LogP contribution is 2.19. The lowest BCUT2D eigenvalue weighted by molar-refractivity contribution is -0.133. The van der Waals surface area contributed by atoms with Crippen LogP contribution in [0.1, 0.15) is 26.7 Å². The van der Waals surface area contributed by atoms with Crippen LogP contribution >= 0.6 is 0 Å². The van der Waals surface area contributed by atoms with Crippen LogP contribution in [0.25, 0.3) is 0 Å². The highest BCUT2D eigenvalue weighted by molar-refractivity contribution is 5.87. The molecule has 0 saturated carbocycles. The molecule has 3 unspecified atom stereocenters. The average Bonchev–Trinajstić information content (AvgIpc) is 2.82. The van der Waals surface area contributed by atoms with Crippen molar-refractivity contribution in [2.75, 3.05) is 19.7 Å². The fraction of sp³-hybridized carbons (Fsp3) is 0.833. The van der Waals surface area contributed by atoms with Gasteiger partial charge in [0.05, 0.1) is 0 Å². The first-order chi connectivity index (χ1) is 8.49. The van der Waals surface area contributed by atoms with Crippen molar-refractivity contribution in [3.63, 3.8) is 0 Å². The third kappa shape index (κ3) is 3.60. The molecule has 1 saturated heterocycles. The number of rotatable bonds is 5. The van der Waals surface area contributed by atoms with Crippen LogP contribution in [-0.4, -0.2) is 47.7 Å². The second-order valence-electron chi connectivity index (χ2n) is 4.99. The van der Waals surface area contributed by atoms with Gasteiger partial charge in [0.2, 0.25) is 5.91 Å². The molecule has 18 heavy (non-hydrogen) atoms. The predicted molar refractivity (Wildman–Crippen MR) is 67.7 cm³/mol. The molecule has 3 amide bonds. The van der Waals surface area contributed by atoms with Gasteiger partial charge in [-0.25, -0.2) is 4.79 Å². The number of aliphatic hydroxyl groups is 1. The molecule has 6 nitrogen and oxygen atoms in total. The second kappa shape index (κ2) is 6.58. The van der Waals surface area contributed by atoms with Crippen molar-refractivity contribution in [1.82, 2.24) is 10.2 Å². The molecule has 4 N–H and O–H groups in total. The monoisotopic (exact) mass is 257 g/mol. The molecule has 6 heteroatoms. The zero-order chi connectivity index (χ0) is 13.7. The summed E-state index contributed by atoms with van der Waals surface area (Å²) < 4.78 is 0. The second-order valence-corrected chi connectivity index (χ2v) is 4.99. The third-order valence-corrected chi connectivity index (χ3v) is 3.63. The molecule has 0 aromatic rings. The molecule has 0 aromatic carbocycles. The van der Waals surface area contributed by atoms with Crippen molar-refractivity contribution in [3.05, 3.63) is 0 Å². The standard InChI is InChI=1S/C12H23N3O3/c1-3-8(2)10(14-12(13)18)11(17)15-5-4-9(6-15)7-16/h8-10,16H,3-7H2,1-2H3,(H3,13,14,18). The smallest absolute Gasteiger partial charge is 0.312 e. The molecule has 0 bridgehead atoms. The molecule has 0 aromatic heterocycles. The quantitative estimate of drug-likeness (QED) is 0.642. The highest BCUT2D eigenvalue weighted by atomic mass is 16.3. The van der Waals surface area contributed by atoms with Crippen LogP contribution < -0.4 is 11.1 Å². The fourth-order valence-corrected chi connectivity index (χ4v) is 2.21.